The largest absolute Gasteiger partial charge is 0.465 e. The molecule has 2 N–H and O–H groups in total. The van der Waals surface area contributed by atoms with Crippen LogP contribution in [0.5, 0.6) is 0 Å². The smallest absolute Gasteiger partial charge is 0.338 e. The maximum atomic E-state index is 11.8. The van der Waals surface area contributed by atoms with Crippen LogP contribution in [0.25, 0.3) is 21.7 Å². The Morgan fingerprint density at radius 1 is 1.15 bits per heavy atom. The van der Waals surface area contributed by atoms with Gasteiger partial charge in [-0.1, -0.05) is 24.3 Å². The highest BCUT2D eigenvalue weighted by Gasteiger charge is 2.16. The van der Waals surface area contributed by atoms with E-state index in [9.17, 15) is 9.59 Å². The third-order valence-corrected chi connectivity index (χ3v) is 3.19. The zero-order valence-corrected chi connectivity index (χ0v) is 10.7. The lowest BCUT2D eigenvalue weighted by Gasteiger charge is -2.08. The zero-order valence-electron chi connectivity index (χ0n) is 10.7. The van der Waals surface area contributed by atoms with Crippen LogP contribution in [-0.4, -0.2) is 13.1 Å². The van der Waals surface area contributed by atoms with E-state index >= 15 is 0 Å². The SMILES string of the molecule is COC(=O)c1cc(=O)oc2c1cc(N)c1ccccc12. The van der Waals surface area contributed by atoms with Crippen LogP contribution in [0.1, 0.15) is 10.4 Å². The number of anilines is 1. The molecular weight excluding hydrogens is 258 g/mol. The van der Waals surface area contributed by atoms with Crippen molar-refractivity contribution in [3.63, 3.8) is 0 Å². The molecule has 5 heteroatoms. The van der Waals surface area contributed by atoms with Crippen molar-refractivity contribution < 1.29 is 13.9 Å². The predicted octanol–water partition coefficient (Wildman–Crippen LogP) is 2.32. The van der Waals surface area contributed by atoms with Crippen LogP contribution in [0.2, 0.25) is 0 Å². The van der Waals surface area contributed by atoms with Crippen LogP contribution in [0, 0.1) is 0 Å². The minimum Gasteiger partial charge on any atom is -0.465 e. The van der Waals surface area contributed by atoms with Crippen LogP contribution in [0.15, 0.2) is 45.6 Å². The number of hydrogen-bond acceptors (Lipinski definition) is 5. The molecule has 0 radical (unpaired) electrons. The van der Waals surface area contributed by atoms with E-state index in [0.29, 0.717) is 22.0 Å². The van der Waals surface area contributed by atoms with Crippen molar-refractivity contribution in [3.8, 4) is 0 Å². The first-order valence-electron chi connectivity index (χ1n) is 5.95. The number of carbonyl (C=O) groups excluding carboxylic acids is 1. The second-order valence-corrected chi connectivity index (χ2v) is 4.36. The summed E-state index contributed by atoms with van der Waals surface area (Å²) < 4.78 is 9.94. The molecule has 20 heavy (non-hydrogen) atoms. The lowest BCUT2D eigenvalue weighted by molar-refractivity contribution is 0.0602. The molecule has 0 aliphatic carbocycles. The summed E-state index contributed by atoms with van der Waals surface area (Å²) in [5, 5.41) is 1.92. The number of esters is 1. The average molecular weight is 269 g/mol. The van der Waals surface area contributed by atoms with Gasteiger partial charge in [0.1, 0.15) is 5.58 Å². The van der Waals surface area contributed by atoms with Crippen LogP contribution < -0.4 is 11.4 Å². The summed E-state index contributed by atoms with van der Waals surface area (Å²) in [6, 6.07) is 10.0. The van der Waals surface area contributed by atoms with Crippen molar-refractivity contribution in [2.75, 3.05) is 12.8 Å². The Kier molecular flexibility index (Phi) is 2.68. The number of benzene rings is 2. The molecule has 0 unspecified atom stereocenters. The summed E-state index contributed by atoms with van der Waals surface area (Å²) in [7, 11) is 1.26. The first-order chi connectivity index (χ1) is 9.61. The Hall–Kier alpha value is -2.82. The van der Waals surface area contributed by atoms with Gasteiger partial charge in [0.15, 0.2) is 0 Å². The quantitative estimate of drug-likeness (QED) is 0.317. The molecule has 0 spiro atoms. The van der Waals surface area contributed by atoms with Gasteiger partial charge in [0.05, 0.1) is 12.7 Å². The highest BCUT2D eigenvalue weighted by Crippen LogP contribution is 2.31. The van der Waals surface area contributed by atoms with Crippen molar-refractivity contribution in [1.82, 2.24) is 0 Å². The molecule has 100 valence electrons. The number of fused-ring (bicyclic) bond motifs is 3. The Labute approximate surface area is 113 Å². The summed E-state index contributed by atoms with van der Waals surface area (Å²) >= 11 is 0. The third-order valence-electron chi connectivity index (χ3n) is 3.19. The maximum absolute atomic E-state index is 11.8. The Balaban J connectivity index is 2.57. The lowest BCUT2D eigenvalue weighted by atomic mass is 10.0. The van der Waals surface area contributed by atoms with Gasteiger partial charge in [0.2, 0.25) is 0 Å². The number of nitrogens with two attached hydrogens (primary N) is 1. The minimum absolute atomic E-state index is 0.149. The van der Waals surface area contributed by atoms with Gasteiger partial charge in [0.25, 0.3) is 0 Å². The highest BCUT2D eigenvalue weighted by atomic mass is 16.5. The topological polar surface area (TPSA) is 82.5 Å². The molecule has 3 aromatic rings. The van der Waals surface area contributed by atoms with E-state index in [2.05, 4.69) is 0 Å². The van der Waals surface area contributed by atoms with Gasteiger partial charge < -0.3 is 14.9 Å². The molecule has 0 amide bonds. The predicted molar refractivity (Wildman–Crippen MR) is 75.7 cm³/mol. The van der Waals surface area contributed by atoms with Gasteiger partial charge >= 0.3 is 11.6 Å². The third kappa shape index (κ3) is 1.72. The Bertz CT molecular complexity index is 895. The van der Waals surface area contributed by atoms with Crippen LogP contribution in [-0.2, 0) is 4.74 Å². The first kappa shape index (κ1) is 12.2. The zero-order chi connectivity index (χ0) is 14.3. The second-order valence-electron chi connectivity index (χ2n) is 4.36. The number of carbonyl (C=O) groups is 1. The normalized spacial score (nSPS) is 10.8. The number of ether oxygens (including phenoxy) is 1. The standard InChI is InChI=1S/C15H11NO4/c1-19-15(18)11-7-13(17)20-14-9-5-3-2-4-8(9)12(16)6-10(11)14/h2-7H,16H2,1H3. The average Bonchev–Trinajstić information content (AvgIpc) is 2.47. The summed E-state index contributed by atoms with van der Waals surface area (Å²) in [5.41, 5.74) is 6.39. The minimum atomic E-state index is -0.604. The Morgan fingerprint density at radius 3 is 2.55 bits per heavy atom. The molecule has 0 aliphatic rings. The molecule has 1 heterocycles. The van der Waals surface area contributed by atoms with E-state index in [1.165, 1.54) is 7.11 Å². The van der Waals surface area contributed by atoms with Crippen molar-refractivity contribution in [2.24, 2.45) is 0 Å². The monoisotopic (exact) mass is 269 g/mol. The van der Waals surface area contributed by atoms with E-state index in [1.54, 1.807) is 12.1 Å². The van der Waals surface area contributed by atoms with Gasteiger partial charge in [-0.2, -0.15) is 0 Å². The summed E-state index contributed by atoms with van der Waals surface area (Å²) in [4.78, 5) is 23.4. The van der Waals surface area contributed by atoms with Gasteiger partial charge in [-0.25, -0.2) is 9.59 Å². The Morgan fingerprint density at radius 2 is 1.85 bits per heavy atom. The molecule has 0 atom stereocenters. The summed E-state index contributed by atoms with van der Waals surface area (Å²) in [6.45, 7) is 0. The van der Waals surface area contributed by atoms with Crippen molar-refractivity contribution in [3.05, 3.63) is 52.4 Å². The van der Waals surface area contributed by atoms with Crippen molar-refractivity contribution in [1.29, 1.82) is 0 Å². The molecule has 0 bridgehead atoms. The van der Waals surface area contributed by atoms with Crippen molar-refractivity contribution in [2.45, 2.75) is 0 Å². The molecule has 0 fully saturated rings. The molecule has 3 rings (SSSR count). The van der Waals surface area contributed by atoms with Gasteiger partial charge in [-0.3, -0.25) is 0 Å². The van der Waals surface area contributed by atoms with Crippen LogP contribution >= 0.6 is 0 Å². The number of methoxy groups -OCH3 is 1. The van der Waals surface area contributed by atoms with Crippen LogP contribution in [0.3, 0.4) is 0 Å². The molecule has 0 saturated heterocycles. The summed E-state index contributed by atoms with van der Waals surface area (Å²) in [5.74, 6) is -0.599. The van der Waals surface area contributed by atoms with E-state index in [1.807, 2.05) is 18.2 Å². The summed E-state index contributed by atoms with van der Waals surface area (Å²) in [6.07, 6.45) is 0. The number of nitrogen functional groups attached to an aromatic ring is 1. The lowest BCUT2D eigenvalue weighted by Crippen LogP contribution is -2.08. The number of hydrogen-bond donors (Lipinski definition) is 1. The van der Waals surface area contributed by atoms with E-state index in [-0.39, 0.29) is 5.56 Å². The molecule has 2 aromatic carbocycles. The first-order valence-corrected chi connectivity index (χ1v) is 5.95. The molecule has 1 aromatic heterocycles. The fourth-order valence-corrected chi connectivity index (χ4v) is 2.29. The number of rotatable bonds is 1. The maximum Gasteiger partial charge on any atom is 0.338 e. The van der Waals surface area contributed by atoms with Gasteiger partial charge in [-0.15, -0.1) is 0 Å². The van der Waals surface area contributed by atoms with Crippen molar-refractivity contribution >= 4 is 33.4 Å². The van der Waals surface area contributed by atoms with E-state index in [0.717, 1.165) is 11.5 Å². The van der Waals surface area contributed by atoms with Gasteiger partial charge in [0, 0.05) is 27.9 Å². The highest BCUT2D eigenvalue weighted by molar-refractivity contribution is 6.14. The molecule has 0 aliphatic heterocycles. The fourth-order valence-electron chi connectivity index (χ4n) is 2.29. The fraction of sp³-hybridized carbons (Fsp3) is 0.0667. The molecule has 5 nitrogen and oxygen atoms in total. The van der Waals surface area contributed by atoms with Gasteiger partial charge in [-0.05, 0) is 6.07 Å². The van der Waals surface area contributed by atoms with Crippen LogP contribution in [0.4, 0.5) is 5.69 Å². The second kappa shape index (κ2) is 4.38. The van der Waals surface area contributed by atoms with E-state index < -0.39 is 11.6 Å². The molecule has 0 saturated carbocycles. The molecular formula is C15H11NO4. The van der Waals surface area contributed by atoms with E-state index in [4.69, 9.17) is 14.9 Å².